The molecule has 1 atom stereocenters. The number of sulfonamides is 1. The molecule has 0 saturated carbocycles. The number of nitriles is 1. The molecular weight excluding hydrogens is 384 g/mol. The van der Waals surface area contributed by atoms with Gasteiger partial charge in [0.15, 0.2) is 0 Å². The molecule has 0 radical (unpaired) electrons. The molecule has 1 aliphatic heterocycles. The Balaban J connectivity index is 2.01. The lowest BCUT2D eigenvalue weighted by molar-refractivity contribution is 0.328. The number of benzene rings is 2. The third-order valence-electron chi connectivity index (χ3n) is 4.87. The molecule has 1 unspecified atom stereocenters. The van der Waals surface area contributed by atoms with Crippen molar-refractivity contribution in [3.8, 4) is 11.8 Å². The van der Waals surface area contributed by atoms with Crippen LogP contribution in [-0.4, -0.2) is 26.4 Å². The van der Waals surface area contributed by atoms with Crippen molar-refractivity contribution < 1.29 is 13.2 Å². The van der Waals surface area contributed by atoms with Crippen molar-refractivity contribution in [1.29, 1.82) is 5.26 Å². The Morgan fingerprint density at radius 3 is 2.52 bits per heavy atom. The average molecular weight is 405 g/mol. The molecule has 0 amide bonds. The van der Waals surface area contributed by atoms with Crippen LogP contribution in [0.15, 0.2) is 47.4 Å². The van der Waals surface area contributed by atoms with Crippen LogP contribution < -0.4 is 4.74 Å². The fourth-order valence-corrected chi connectivity index (χ4v) is 5.41. The highest BCUT2D eigenvalue weighted by atomic mass is 35.5. The maximum Gasteiger partial charge on any atom is 0.243 e. The zero-order valence-electron chi connectivity index (χ0n) is 15.1. The highest BCUT2D eigenvalue weighted by Gasteiger charge is 2.33. The lowest BCUT2D eigenvalue weighted by Gasteiger charge is -2.29. The highest BCUT2D eigenvalue weighted by Crippen LogP contribution is 2.36. The molecule has 27 heavy (non-hydrogen) atoms. The van der Waals surface area contributed by atoms with Crippen molar-refractivity contribution in [3.05, 3.63) is 58.6 Å². The van der Waals surface area contributed by atoms with E-state index in [4.69, 9.17) is 21.6 Å². The fourth-order valence-electron chi connectivity index (χ4n) is 3.41. The van der Waals surface area contributed by atoms with Gasteiger partial charge in [0.25, 0.3) is 0 Å². The second-order valence-electron chi connectivity index (χ2n) is 6.51. The molecular formula is C20H21ClN2O3S. The number of methoxy groups -OCH3 is 1. The Kier molecular flexibility index (Phi) is 6.05. The molecule has 1 saturated heterocycles. The van der Waals surface area contributed by atoms with E-state index < -0.39 is 10.0 Å². The van der Waals surface area contributed by atoms with E-state index in [0.29, 0.717) is 6.54 Å². The molecule has 0 bridgehead atoms. The topological polar surface area (TPSA) is 70.4 Å². The molecule has 7 heteroatoms. The first-order chi connectivity index (χ1) is 13.0. The Morgan fingerprint density at radius 2 is 1.89 bits per heavy atom. The Morgan fingerprint density at radius 1 is 1.15 bits per heavy atom. The lowest BCUT2D eigenvalue weighted by atomic mass is 10.0. The zero-order chi connectivity index (χ0) is 19.4. The van der Waals surface area contributed by atoms with Gasteiger partial charge in [0.2, 0.25) is 10.0 Å². The number of hydrogen-bond acceptors (Lipinski definition) is 4. The van der Waals surface area contributed by atoms with Gasteiger partial charge in [-0.15, -0.1) is 0 Å². The van der Waals surface area contributed by atoms with Gasteiger partial charge in [-0.3, -0.25) is 0 Å². The van der Waals surface area contributed by atoms with Gasteiger partial charge in [-0.25, -0.2) is 8.42 Å². The number of hydrogen-bond donors (Lipinski definition) is 0. The number of nitrogens with zero attached hydrogens (tertiary/aromatic N) is 2. The zero-order valence-corrected chi connectivity index (χ0v) is 16.6. The summed E-state index contributed by atoms with van der Waals surface area (Å²) in [6, 6.07) is 13.5. The minimum absolute atomic E-state index is 0.118. The van der Waals surface area contributed by atoms with Crippen LogP contribution in [0.2, 0.25) is 5.02 Å². The van der Waals surface area contributed by atoms with Gasteiger partial charge >= 0.3 is 0 Å². The summed E-state index contributed by atoms with van der Waals surface area (Å²) in [5, 5.41) is 9.17. The van der Waals surface area contributed by atoms with E-state index in [9.17, 15) is 8.42 Å². The number of halogens is 1. The molecule has 0 aromatic heterocycles. The SMILES string of the molecule is COc1ccc(C2CCCCCN2S(=O)(=O)c2ccc(C#N)c(Cl)c2)cc1. The van der Waals surface area contributed by atoms with Gasteiger partial charge in [0.05, 0.1) is 28.6 Å². The predicted molar refractivity (Wildman–Crippen MR) is 104 cm³/mol. The highest BCUT2D eigenvalue weighted by molar-refractivity contribution is 7.89. The summed E-state index contributed by atoms with van der Waals surface area (Å²) in [6.45, 7) is 0.455. The van der Waals surface area contributed by atoms with Crippen LogP contribution in [0.4, 0.5) is 0 Å². The second kappa shape index (κ2) is 8.30. The van der Waals surface area contributed by atoms with Crippen LogP contribution in [-0.2, 0) is 10.0 Å². The van der Waals surface area contributed by atoms with Crippen molar-refractivity contribution in [3.63, 3.8) is 0 Å². The molecule has 0 spiro atoms. The van der Waals surface area contributed by atoms with Crippen LogP contribution >= 0.6 is 11.6 Å². The largest absolute Gasteiger partial charge is 0.497 e. The van der Waals surface area contributed by atoms with E-state index in [1.165, 1.54) is 18.2 Å². The first-order valence-corrected chi connectivity index (χ1v) is 10.6. The molecule has 2 aromatic rings. The van der Waals surface area contributed by atoms with E-state index in [-0.39, 0.29) is 21.5 Å². The lowest BCUT2D eigenvalue weighted by Crippen LogP contribution is -2.34. The number of rotatable bonds is 4. The van der Waals surface area contributed by atoms with Crippen LogP contribution in [0.1, 0.15) is 42.9 Å². The van der Waals surface area contributed by atoms with Crippen LogP contribution in [0.5, 0.6) is 5.75 Å². The third-order valence-corrected chi connectivity index (χ3v) is 7.09. The summed E-state index contributed by atoms with van der Waals surface area (Å²) in [6.07, 6.45) is 3.54. The van der Waals surface area contributed by atoms with Crippen molar-refractivity contribution in [2.24, 2.45) is 0 Å². The third kappa shape index (κ3) is 4.11. The van der Waals surface area contributed by atoms with Gasteiger partial charge in [-0.2, -0.15) is 9.57 Å². The molecule has 2 aromatic carbocycles. The Labute approximate surface area is 165 Å². The summed E-state index contributed by atoms with van der Waals surface area (Å²) in [5.74, 6) is 0.737. The summed E-state index contributed by atoms with van der Waals surface area (Å²) in [7, 11) is -2.13. The summed E-state index contributed by atoms with van der Waals surface area (Å²) < 4.78 is 33.5. The molecule has 1 heterocycles. The van der Waals surface area contributed by atoms with E-state index in [0.717, 1.165) is 37.0 Å². The molecule has 3 rings (SSSR count). The molecule has 5 nitrogen and oxygen atoms in total. The van der Waals surface area contributed by atoms with Crippen LogP contribution in [0, 0.1) is 11.3 Å². The van der Waals surface area contributed by atoms with Gasteiger partial charge in [0.1, 0.15) is 11.8 Å². The van der Waals surface area contributed by atoms with Crippen molar-refractivity contribution in [1.82, 2.24) is 4.31 Å². The Hall–Kier alpha value is -2.07. The minimum atomic E-state index is -3.74. The normalized spacial score (nSPS) is 18.5. The smallest absolute Gasteiger partial charge is 0.243 e. The maximum atomic E-state index is 13.4. The van der Waals surface area contributed by atoms with Crippen LogP contribution in [0.25, 0.3) is 0 Å². The van der Waals surface area contributed by atoms with Gasteiger partial charge in [-0.05, 0) is 48.7 Å². The van der Waals surface area contributed by atoms with Crippen molar-refractivity contribution in [2.75, 3.05) is 13.7 Å². The van der Waals surface area contributed by atoms with Gasteiger partial charge in [0, 0.05) is 6.54 Å². The van der Waals surface area contributed by atoms with E-state index in [2.05, 4.69) is 0 Å². The van der Waals surface area contributed by atoms with E-state index >= 15 is 0 Å². The van der Waals surface area contributed by atoms with Crippen molar-refractivity contribution >= 4 is 21.6 Å². The molecule has 142 valence electrons. The van der Waals surface area contributed by atoms with E-state index in [1.807, 2.05) is 30.3 Å². The average Bonchev–Trinajstić information content (AvgIpc) is 2.94. The molecule has 1 aliphatic rings. The van der Waals surface area contributed by atoms with Gasteiger partial charge < -0.3 is 4.74 Å². The maximum absolute atomic E-state index is 13.4. The standard InChI is InChI=1S/C20H21ClN2O3S/c1-26-17-9-6-15(7-10-17)20-5-3-2-4-12-23(20)27(24,25)18-11-8-16(14-22)19(21)13-18/h6-11,13,20H,2-5,12H2,1H3. The first-order valence-electron chi connectivity index (χ1n) is 8.83. The summed E-state index contributed by atoms with van der Waals surface area (Å²) >= 11 is 6.07. The number of ether oxygens (including phenoxy) is 1. The molecule has 0 aliphatic carbocycles. The van der Waals surface area contributed by atoms with Crippen molar-refractivity contribution in [2.45, 2.75) is 36.6 Å². The fraction of sp³-hybridized carbons (Fsp3) is 0.350. The quantitative estimate of drug-likeness (QED) is 0.750. The predicted octanol–water partition coefficient (Wildman–Crippen LogP) is 4.53. The van der Waals surface area contributed by atoms with Crippen LogP contribution in [0.3, 0.4) is 0 Å². The molecule has 0 N–H and O–H groups in total. The summed E-state index contributed by atoms with van der Waals surface area (Å²) in [4.78, 5) is 0.118. The second-order valence-corrected chi connectivity index (χ2v) is 8.81. The minimum Gasteiger partial charge on any atom is -0.497 e. The van der Waals surface area contributed by atoms with Gasteiger partial charge in [-0.1, -0.05) is 36.6 Å². The first kappa shape index (κ1) is 19.7. The monoisotopic (exact) mass is 404 g/mol. The summed E-state index contributed by atoms with van der Waals surface area (Å²) in [5.41, 5.74) is 1.21. The Bertz CT molecular complexity index is 952. The molecule has 1 fully saturated rings. The van der Waals surface area contributed by atoms with E-state index in [1.54, 1.807) is 11.4 Å².